The third-order valence-corrected chi connectivity index (χ3v) is 6.40. The van der Waals surface area contributed by atoms with E-state index >= 15 is 0 Å². The minimum atomic E-state index is -2.73. The number of hydrogen-bond acceptors (Lipinski definition) is 5. The molecule has 0 spiro atoms. The molecule has 2 aliphatic rings. The predicted octanol–water partition coefficient (Wildman–Crippen LogP) is 4.59. The highest BCUT2D eigenvalue weighted by molar-refractivity contribution is 5.76. The molecule has 1 aromatic rings. The first-order valence-electron chi connectivity index (χ1n) is 12.8. The van der Waals surface area contributed by atoms with Crippen molar-refractivity contribution in [2.45, 2.75) is 76.7 Å². The predicted molar refractivity (Wildman–Crippen MR) is 128 cm³/mol. The Labute approximate surface area is 202 Å². The number of hydrogen-bond donors (Lipinski definition) is 1. The van der Waals surface area contributed by atoms with Crippen LogP contribution < -0.4 is 14.8 Å². The molecule has 2 heterocycles. The second kappa shape index (κ2) is 13.8. The maximum Gasteiger partial charge on any atom is 0.270 e. The largest absolute Gasteiger partial charge is 0.486 e. The van der Waals surface area contributed by atoms with Gasteiger partial charge in [0.05, 0.1) is 0 Å². The molecule has 8 heteroatoms. The molecule has 0 bridgehead atoms. The minimum Gasteiger partial charge on any atom is -0.486 e. The number of ether oxygens (including phenoxy) is 3. The molecule has 1 atom stereocenters. The summed E-state index contributed by atoms with van der Waals surface area (Å²) < 4.78 is 42.7. The maximum atomic E-state index is 13.1. The molecule has 192 valence electrons. The fraction of sp³-hybridized carbons (Fsp3) is 0.731. The van der Waals surface area contributed by atoms with Gasteiger partial charge in [0.1, 0.15) is 19.8 Å². The second-order valence-corrected chi connectivity index (χ2v) is 9.38. The highest BCUT2D eigenvalue weighted by atomic mass is 19.3. The first-order chi connectivity index (χ1) is 16.4. The zero-order valence-electron chi connectivity index (χ0n) is 20.5. The lowest BCUT2D eigenvalue weighted by molar-refractivity contribution is -0.122. The number of carbonyl (C=O) groups is 1. The SMILES string of the molecule is CCC(F)(F)COCCCCCCC(=O)NC(Cc1ccc2c(c1)OCCO2)CN1CCCC1. The molecule has 34 heavy (non-hydrogen) atoms. The van der Waals surface area contributed by atoms with Gasteiger partial charge in [-0.05, 0) is 62.9 Å². The van der Waals surface area contributed by atoms with Crippen LogP contribution in [0.2, 0.25) is 0 Å². The van der Waals surface area contributed by atoms with Crippen molar-refractivity contribution in [3.05, 3.63) is 23.8 Å². The van der Waals surface area contributed by atoms with Crippen molar-refractivity contribution in [3.63, 3.8) is 0 Å². The Bertz CT molecular complexity index is 756. The van der Waals surface area contributed by atoms with E-state index in [1.165, 1.54) is 19.8 Å². The summed E-state index contributed by atoms with van der Waals surface area (Å²) >= 11 is 0. The summed E-state index contributed by atoms with van der Waals surface area (Å²) in [6.45, 7) is 5.44. The Balaban J connectivity index is 1.38. The van der Waals surface area contributed by atoms with Gasteiger partial charge in [-0.1, -0.05) is 25.8 Å². The number of amides is 1. The quantitative estimate of drug-likeness (QED) is 0.371. The standard InChI is InChI=1S/C26H40F2N2O4/c1-2-26(27,28)20-32-14-8-4-3-5-9-25(31)29-22(19-30-12-6-7-13-30)17-21-10-11-23-24(18-21)34-16-15-33-23/h10-11,18,22H,2-9,12-17,19-20H2,1H3,(H,29,31). The molecular formula is C26H40F2N2O4. The lowest BCUT2D eigenvalue weighted by atomic mass is 10.0. The summed E-state index contributed by atoms with van der Waals surface area (Å²) in [6, 6.07) is 6.07. The number of fused-ring (bicyclic) bond motifs is 1. The van der Waals surface area contributed by atoms with Gasteiger partial charge in [0.25, 0.3) is 5.92 Å². The van der Waals surface area contributed by atoms with Crippen molar-refractivity contribution in [2.24, 2.45) is 0 Å². The average Bonchev–Trinajstić information content (AvgIpc) is 3.33. The van der Waals surface area contributed by atoms with E-state index in [0.29, 0.717) is 26.2 Å². The normalized spacial score (nSPS) is 17.0. The zero-order valence-corrected chi connectivity index (χ0v) is 20.5. The first kappa shape index (κ1) is 26.7. The molecule has 0 aliphatic carbocycles. The van der Waals surface area contributed by atoms with Crippen molar-refractivity contribution in [3.8, 4) is 11.5 Å². The van der Waals surface area contributed by atoms with E-state index < -0.39 is 12.5 Å². The van der Waals surface area contributed by atoms with Crippen molar-refractivity contribution >= 4 is 5.91 Å². The number of halogens is 2. The third-order valence-electron chi connectivity index (χ3n) is 6.40. The van der Waals surface area contributed by atoms with Crippen LogP contribution in [0.25, 0.3) is 0 Å². The number of unbranched alkanes of at least 4 members (excludes halogenated alkanes) is 3. The average molecular weight is 483 g/mol. The molecule has 1 aromatic carbocycles. The summed E-state index contributed by atoms with van der Waals surface area (Å²) in [6.07, 6.45) is 6.75. The van der Waals surface area contributed by atoms with Gasteiger partial charge in [-0.3, -0.25) is 4.79 Å². The van der Waals surface area contributed by atoms with E-state index in [9.17, 15) is 13.6 Å². The first-order valence-corrected chi connectivity index (χ1v) is 12.8. The van der Waals surface area contributed by atoms with E-state index in [2.05, 4.69) is 16.3 Å². The third kappa shape index (κ3) is 9.37. The Kier molecular flexibility index (Phi) is 10.8. The molecule has 1 fully saturated rings. The van der Waals surface area contributed by atoms with Crippen LogP contribution in [-0.4, -0.2) is 68.8 Å². The Morgan fingerprint density at radius 3 is 2.62 bits per heavy atom. The van der Waals surface area contributed by atoms with Crippen LogP contribution in [0.5, 0.6) is 11.5 Å². The monoisotopic (exact) mass is 482 g/mol. The smallest absolute Gasteiger partial charge is 0.270 e. The van der Waals surface area contributed by atoms with Gasteiger partial charge in [-0.15, -0.1) is 0 Å². The number of nitrogens with one attached hydrogen (secondary N) is 1. The fourth-order valence-corrected chi connectivity index (χ4v) is 4.40. The van der Waals surface area contributed by atoms with Crippen LogP contribution in [0.4, 0.5) is 8.78 Å². The number of nitrogens with zero attached hydrogens (tertiary/aromatic N) is 1. The fourth-order valence-electron chi connectivity index (χ4n) is 4.40. The number of benzene rings is 1. The van der Waals surface area contributed by atoms with Crippen LogP contribution >= 0.6 is 0 Å². The van der Waals surface area contributed by atoms with Crippen LogP contribution in [0.3, 0.4) is 0 Å². The number of likely N-dealkylation sites (tertiary alicyclic amines) is 1. The number of rotatable bonds is 15. The Hall–Kier alpha value is -1.93. The molecule has 0 aromatic heterocycles. The highest BCUT2D eigenvalue weighted by Gasteiger charge is 2.26. The van der Waals surface area contributed by atoms with E-state index in [-0.39, 0.29) is 18.4 Å². The van der Waals surface area contributed by atoms with Crippen LogP contribution in [0, 0.1) is 0 Å². The topological polar surface area (TPSA) is 60.0 Å². The molecule has 0 saturated carbocycles. The molecule has 1 saturated heterocycles. The molecule has 6 nitrogen and oxygen atoms in total. The number of alkyl halides is 2. The Morgan fingerprint density at radius 2 is 1.85 bits per heavy atom. The van der Waals surface area contributed by atoms with Gasteiger partial charge in [-0.25, -0.2) is 8.78 Å². The highest BCUT2D eigenvalue weighted by Crippen LogP contribution is 2.31. The molecular weight excluding hydrogens is 442 g/mol. The van der Waals surface area contributed by atoms with Gasteiger partial charge >= 0.3 is 0 Å². The van der Waals surface area contributed by atoms with Crippen LogP contribution in [0.1, 0.15) is 63.9 Å². The van der Waals surface area contributed by atoms with Gasteiger partial charge < -0.3 is 24.4 Å². The van der Waals surface area contributed by atoms with Crippen LogP contribution in [-0.2, 0) is 16.0 Å². The van der Waals surface area contributed by atoms with Gasteiger partial charge in [-0.2, -0.15) is 0 Å². The van der Waals surface area contributed by atoms with E-state index in [4.69, 9.17) is 14.2 Å². The molecule has 1 amide bonds. The van der Waals surface area contributed by atoms with E-state index in [1.54, 1.807) is 0 Å². The second-order valence-electron chi connectivity index (χ2n) is 9.38. The zero-order chi connectivity index (χ0) is 24.2. The van der Waals surface area contributed by atoms with Crippen molar-refractivity contribution in [1.29, 1.82) is 0 Å². The van der Waals surface area contributed by atoms with Crippen LogP contribution in [0.15, 0.2) is 18.2 Å². The summed E-state index contributed by atoms with van der Waals surface area (Å²) in [5, 5.41) is 3.25. The molecule has 1 N–H and O–H groups in total. The summed E-state index contributed by atoms with van der Waals surface area (Å²) in [5.74, 6) is -1.11. The Morgan fingerprint density at radius 1 is 1.12 bits per heavy atom. The lowest BCUT2D eigenvalue weighted by Crippen LogP contribution is -2.44. The van der Waals surface area contributed by atoms with Gasteiger partial charge in [0.15, 0.2) is 11.5 Å². The lowest BCUT2D eigenvalue weighted by Gasteiger charge is -2.25. The van der Waals surface area contributed by atoms with Crippen molar-refractivity contribution in [2.75, 3.05) is 46.1 Å². The maximum absolute atomic E-state index is 13.1. The molecule has 3 rings (SSSR count). The van der Waals surface area contributed by atoms with Crippen molar-refractivity contribution < 1.29 is 27.8 Å². The minimum absolute atomic E-state index is 0.0433. The summed E-state index contributed by atoms with van der Waals surface area (Å²) in [7, 11) is 0. The number of carbonyl (C=O) groups excluding carboxylic acids is 1. The van der Waals surface area contributed by atoms with Gasteiger partial charge in [0.2, 0.25) is 5.91 Å². The van der Waals surface area contributed by atoms with Crippen molar-refractivity contribution in [1.82, 2.24) is 10.2 Å². The van der Waals surface area contributed by atoms with E-state index in [0.717, 1.165) is 68.8 Å². The molecule has 2 aliphatic heterocycles. The molecule has 1 unspecified atom stereocenters. The summed E-state index contributed by atoms with van der Waals surface area (Å²) in [4.78, 5) is 15.1. The van der Waals surface area contributed by atoms with Gasteiger partial charge in [0, 0.05) is 32.0 Å². The molecule has 0 radical (unpaired) electrons. The van der Waals surface area contributed by atoms with E-state index in [1.807, 2.05) is 12.1 Å². The summed E-state index contributed by atoms with van der Waals surface area (Å²) in [5.41, 5.74) is 1.13.